The number of hydrogen-bond donors (Lipinski definition) is 4. The van der Waals surface area contributed by atoms with Crippen LogP contribution >= 0.6 is 0 Å². The first-order chi connectivity index (χ1) is 16.2. The topological polar surface area (TPSA) is 120 Å². The molecule has 1 aliphatic heterocycles. The summed E-state index contributed by atoms with van der Waals surface area (Å²) in [6.45, 7) is 6.08. The summed E-state index contributed by atoms with van der Waals surface area (Å²) in [5.74, 6) is -0.835. The maximum absolute atomic E-state index is 13.3. The fourth-order valence-electron chi connectivity index (χ4n) is 4.49. The van der Waals surface area contributed by atoms with Crippen LogP contribution in [0.1, 0.15) is 37.1 Å². The Labute approximate surface area is 198 Å². The van der Waals surface area contributed by atoms with Crippen LogP contribution in [0.15, 0.2) is 48.5 Å². The molecular formula is C26H31N5O3. The number of para-hydroxylation sites is 1. The van der Waals surface area contributed by atoms with Gasteiger partial charge in [-0.05, 0) is 48.6 Å². The monoisotopic (exact) mass is 461 g/mol. The van der Waals surface area contributed by atoms with E-state index in [4.69, 9.17) is 5.73 Å². The van der Waals surface area contributed by atoms with Crippen molar-refractivity contribution in [3.8, 4) is 0 Å². The van der Waals surface area contributed by atoms with Gasteiger partial charge in [0.05, 0.1) is 12.6 Å². The number of nitrogens with two attached hydrogens (primary N) is 1. The highest BCUT2D eigenvalue weighted by molar-refractivity contribution is 6.03. The number of nitrogens with zero attached hydrogens (tertiary/aromatic N) is 1. The average Bonchev–Trinajstić information content (AvgIpc) is 3.15. The third kappa shape index (κ3) is 4.97. The maximum atomic E-state index is 13.3. The van der Waals surface area contributed by atoms with Gasteiger partial charge >= 0.3 is 6.03 Å². The lowest BCUT2D eigenvalue weighted by atomic mass is 9.96. The smallest absolute Gasteiger partial charge is 0.322 e. The molecule has 34 heavy (non-hydrogen) atoms. The highest BCUT2D eigenvalue weighted by Crippen LogP contribution is 2.31. The van der Waals surface area contributed by atoms with Gasteiger partial charge in [-0.15, -0.1) is 0 Å². The van der Waals surface area contributed by atoms with Crippen LogP contribution in [0.3, 0.4) is 0 Å². The number of aromatic amines is 1. The van der Waals surface area contributed by atoms with Crippen molar-refractivity contribution in [3.63, 3.8) is 0 Å². The molecule has 0 saturated heterocycles. The lowest BCUT2D eigenvalue weighted by Crippen LogP contribution is -2.56. The first kappa shape index (κ1) is 23.5. The Morgan fingerprint density at radius 3 is 2.65 bits per heavy atom. The lowest BCUT2D eigenvalue weighted by Gasteiger charge is -2.34. The van der Waals surface area contributed by atoms with Crippen molar-refractivity contribution >= 4 is 34.4 Å². The predicted molar refractivity (Wildman–Crippen MR) is 132 cm³/mol. The van der Waals surface area contributed by atoms with Crippen LogP contribution in [0.5, 0.6) is 0 Å². The van der Waals surface area contributed by atoms with Crippen molar-refractivity contribution in [2.45, 2.75) is 52.2 Å². The molecule has 1 aromatic heterocycles. The van der Waals surface area contributed by atoms with Crippen LogP contribution in [0.4, 0.5) is 10.5 Å². The predicted octanol–water partition coefficient (Wildman–Crippen LogP) is 3.45. The molecule has 0 fully saturated rings. The summed E-state index contributed by atoms with van der Waals surface area (Å²) >= 11 is 0. The number of nitrogens with one attached hydrogen (secondary N) is 3. The number of benzene rings is 2. The van der Waals surface area contributed by atoms with Gasteiger partial charge < -0.3 is 20.9 Å². The van der Waals surface area contributed by atoms with Crippen LogP contribution in [-0.4, -0.2) is 39.8 Å². The van der Waals surface area contributed by atoms with Gasteiger partial charge in [-0.25, -0.2) is 4.79 Å². The molecule has 4 amide bonds. The molecule has 0 saturated carbocycles. The minimum absolute atomic E-state index is 0.214. The third-order valence-electron chi connectivity index (χ3n) is 6.15. The first-order valence-electron chi connectivity index (χ1n) is 11.6. The van der Waals surface area contributed by atoms with Crippen LogP contribution in [-0.2, 0) is 22.6 Å². The van der Waals surface area contributed by atoms with Gasteiger partial charge in [0.2, 0.25) is 11.8 Å². The molecule has 8 nitrogen and oxygen atoms in total. The Bertz CT molecular complexity index is 1230. The van der Waals surface area contributed by atoms with Crippen LogP contribution in [0.2, 0.25) is 0 Å². The molecule has 2 aromatic carbocycles. The fraction of sp³-hybridized carbons (Fsp3) is 0.346. The Hall–Kier alpha value is -3.65. The molecule has 5 N–H and O–H groups in total. The highest BCUT2D eigenvalue weighted by atomic mass is 16.2. The number of aromatic nitrogens is 1. The Morgan fingerprint density at radius 2 is 1.91 bits per heavy atom. The molecule has 0 spiro atoms. The van der Waals surface area contributed by atoms with E-state index in [0.29, 0.717) is 18.5 Å². The number of fused-ring (bicyclic) bond motifs is 3. The summed E-state index contributed by atoms with van der Waals surface area (Å²) in [7, 11) is 0. The Kier molecular flexibility index (Phi) is 6.70. The average molecular weight is 462 g/mol. The SMILES string of the molecule is Cc1cccc(NC(=O)N2Cc3[nH]c4ccccc4c3C[C@@H]2C(=O)NC(=O)[C@@H](N)CC(C)C)c1. The van der Waals surface area contributed by atoms with Crippen LogP contribution < -0.4 is 16.4 Å². The summed E-state index contributed by atoms with van der Waals surface area (Å²) in [6, 6.07) is 13.2. The van der Waals surface area contributed by atoms with Crippen molar-refractivity contribution < 1.29 is 14.4 Å². The summed E-state index contributed by atoms with van der Waals surface area (Å²) in [4.78, 5) is 44.0. The van der Waals surface area contributed by atoms with E-state index in [0.717, 1.165) is 27.7 Å². The second kappa shape index (κ2) is 9.69. The quantitative estimate of drug-likeness (QED) is 0.465. The minimum Gasteiger partial charge on any atom is -0.357 e. The summed E-state index contributed by atoms with van der Waals surface area (Å²) < 4.78 is 0. The second-order valence-electron chi connectivity index (χ2n) is 9.36. The molecule has 0 unspecified atom stereocenters. The van der Waals surface area contributed by atoms with Gasteiger partial charge in [-0.2, -0.15) is 0 Å². The summed E-state index contributed by atoms with van der Waals surface area (Å²) in [5, 5.41) is 6.35. The molecule has 1 aliphatic rings. The number of imide groups is 1. The first-order valence-corrected chi connectivity index (χ1v) is 11.6. The van der Waals surface area contributed by atoms with E-state index in [9.17, 15) is 14.4 Å². The van der Waals surface area contributed by atoms with E-state index in [1.807, 2.05) is 63.2 Å². The number of hydrogen-bond acceptors (Lipinski definition) is 4. The van der Waals surface area contributed by atoms with Crippen LogP contribution in [0, 0.1) is 12.8 Å². The molecule has 0 bridgehead atoms. The molecule has 2 heterocycles. The number of amides is 4. The van der Waals surface area contributed by atoms with Gasteiger partial charge in [-0.3, -0.25) is 14.9 Å². The van der Waals surface area contributed by atoms with E-state index in [1.54, 1.807) is 6.07 Å². The molecule has 2 atom stereocenters. The molecule has 8 heteroatoms. The number of carbonyl (C=O) groups excluding carboxylic acids is 3. The van der Waals surface area contributed by atoms with Crippen molar-refractivity contribution in [1.82, 2.24) is 15.2 Å². The Morgan fingerprint density at radius 1 is 1.15 bits per heavy atom. The number of anilines is 1. The van der Waals surface area contributed by atoms with Gasteiger partial charge in [0, 0.05) is 28.7 Å². The highest BCUT2D eigenvalue weighted by Gasteiger charge is 2.37. The standard InChI is InChI=1S/C26H31N5O3/c1-15(2)11-20(27)24(32)30-25(33)23-13-19-18-9-4-5-10-21(18)29-22(19)14-31(23)26(34)28-17-8-6-7-16(3)12-17/h4-10,12,15,20,23,29H,11,13-14,27H2,1-3H3,(H,28,34)(H,30,32,33)/t20-,23+/m0/s1. The zero-order chi connectivity index (χ0) is 24.4. The number of H-pyrrole nitrogens is 1. The normalized spacial score (nSPS) is 16.3. The second-order valence-corrected chi connectivity index (χ2v) is 9.36. The molecule has 178 valence electrons. The zero-order valence-corrected chi connectivity index (χ0v) is 19.7. The number of aryl methyl sites for hydroxylation is 1. The van der Waals surface area contributed by atoms with E-state index in [1.165, 1.54) is 4.90 Å². The summed E-state index contributed by atoms with van der Waals surface area (Å²) in [5.41, 5.74) is 10.4. The van der Waals surface area contributed by atoms with Crippen LogP contribution in [0.25, 0.3) is 10.9 Å². The number of carbonyl (C=O) groups is 3. The number of rotatable bonds is 5. The minimum atomic E-state index is -0.855. The van der Waals surface area contributed by atoms with Gasteiger partial charge in [0.1, 0.15) is 6.04 Å². The van der Waals surface area contributed by atoms with E-state index >= 15 is 0 Å². The Balaban J connectivity index is 1.61. The van der Waals surface area contributed by atoms with Crippen molar-refractivity contribution in [3.05, 3.63) is 65.4 Å². The fourth-order valence-corrected chi connectivity index (χ4v) is 4.49. The third-order valence-corrected chi connectivity index (χ3v) is 6.15. The molecule has 4 rings (SSSR count). The molecular weight excluding hydrogens is 430 g/mol. The number of urea groups is 1. The van der Waals surface area contributed by atoms with Gasteiger partial charge in [-0.1, -0.05) is 44.2 Å². The molecule has 0 aliphatic carbocycles. The van der Waals surface area contributed by atoms with E-state index in [-0.39, 0.29) is 12.5 Å². The van der Waals surface area contributed by atoms with Gasteiger partial charge in [0.25, 0.3) is 0 Å². The van der Waals surface area contributed by atoms with Crippen molar-refractivity contribution in [2.75, 3.05) is 5.32 Å². The zero-order valence-electron chi connectivity index (χ0n) is 19.7. The largest absolute Gasteiger partial charge is 0.357 e. The van der Waals surface area contributed by atoms with E-state index in [2.05, 4.69) is 15.6 Å². The summed E-state index contributed by atoms with van der Waals surface area (Å²) in [6.07, 6.45) is 0.757. The maximum Gasteiger partial charge on any atom is 0.322 e. The van der Waals surface area contributed by atoms with Gasteiger partial charge in [0.15, 0.2) is 0 Å². The molecule has 3 aromatic rings. The van der Waals surface area contributed by atoms with E-state index < -0.39 is 29.9 Å². The molecule has 0 radical (unpaired) electrons. The van der Waals surface area contributed by atoms with Crippen molar-refractivity contribution in [2.24, 2.45) is 11.7 Å². The lowest BCUT2D eigenvalue weighted by molar-refractivity contribution is -0.134. The van der Waals surface area contributed by atoms with Crippen molar-refractivity contribution in [1.29, 1.82) is 0 Å².